The summed E-state index contributed by atoms with van der Waals surface area (Å²) >= 11 is 0. The topological polar surface area (TPSA) is 60.3 Å². The Balaban J connectivity index is 2.16. The Labute approximate surface area is 123 Å². The van der Waals surface area contributed by atoms with Crippen molar-refractivity contribution in [1.29, 1.82) is 5.26 Å². The Morgan fingerprint density at radius 3 is 1.80 bits per heavy atom. The molecule has 1 aliphatic rings. The van der Waals surface area contributed by atoms with E-state index in [4.69, 9.17) is 10.1 Å². The van der Waals surface area contributed by atoms with Crippen molar-refractivity contribution in [1.82, 2.24) is 16.1 Å². The van der Waals surface area contributed by atoms with Gasteiger partial charge in [0, 0.05) is 6.54 Å². The molecule has 0 radical (unpaired) electrons. The van der Waals surface area contributed by atoms with E-state index in [9.17, 15) is 0 Å². The second-order valence-corrected chi connectivity index (χ2v) is 5.53. The van der Waals surface area contributed by atoms with Crippen LogP contribution in [0.25, 0.3) is 0 Å². The molecule has 0 spiro atoms. The molecule has 20 heavy (non-hydrogen) atoms. The van der Waals surface area contributed by atoms with Gasteiger partial charge in [-0.05, 0) is 12.8 Å². The molecule has 116 valence electrons. The fourth-order valence-corrected chi connectivity index (χ4v) is 2.46. The van der Waals surface area contributed by atoms with Gasteiger partial charge in [0.25, 0.3) is 0 Å². The van der Waals surface area contributed by atoms with Crippen molar-refractivity contribution in [3.8, 4) is 6.19 Å². The molecule has 0 atom stereocenters. The first kappa shape index (κ1) is 17.2. The third-order valence-corrected chi connectivity index (χ3v) is 3.70. The average Bonchev–Trinajstić information content (AvgIpc) is 2.47. The Kier molecular flexibility index (Phi) is 11.3. The highest BCUT2D eigenvalue weighted by Gasteiger charge is 2.00. The number of nitrogens with one attached hydrogen (secondary N) is 2. The second kappa shape index (κ2) is 13.2. The average molecular weight is 282 g/mol. The lowest BCUT2D eigenvalue weighted by molar-refractivity contribution is -0.0789. The molecule has 0 unspecified atom stereocenters. The van der Waals surface area contributed by atoms with Crippen LogP contribution in [0.2, 0.25) is 0 Å². The predicted octanol–water partition coefficient (Wildman–Crippen LogP) is 3.41. The summed E-state index contributed by atoms with van der Waals surface area (Å²) in [6.07, 6.45) is 17.4. The Morgan fingerprint density at radius 1 is 0.750 bits per heavy atom. The molecule has 0 amide bonds. The highest BCUT2D eigenvalue weighted by atomic mass is 16.7. The molecular formula is C15H30N4O. The zero-order valence-electron chi connectivity index (χ0n) is 12.7. The predicted molar refractivity (Wildman–Crippen MR) is 79.9 cm³/mol. The first-order valence-electron chi connectivity index (χ1n) is 8.24. The SMILES string of the molecule is N#CN1NCCCCCCCCCCCCCCON1. The number of hydrazine groups is 2. The Hall–Kier alpha value is -0.830. The van der Waals surface area contributed by atoms with Crippen molar-refractivity contribution in [3.05, 3.63) is 0 Å². The molecule has 2 N–H and O–H groups in total. The zero-order valence-corrected chi connectivity index (χ0v) is 12.7. The number of hydrogen-bond acceptors (Lipinski definition) is 5. The van der Waals surface area contributed by atoms with Crippen molar-refractivity contribution in [2.75, 3.05) is 13.2 Å². The zero-order chi connectivity index (χ0) is 14.3. The maximum absolute atomic E-state index is 8.92. The monoisotopic (exact) mass is 282 g/mol. The summed E-state index contributed by atoms with van der Waals surface area (Å²) in [4.78, 5) is 5.27. The summed E-state index contributed by atoms with van der Waals surface area (Å²) in [6, 6.07) is 0. The van der Waals surface area contributed by atoms with Crippen LogP contribution in [-0.2, 0) is 4.84 Å². The van der Waals surface area contributed by atoms with Crippen LogP contribution in [-0.4, -0.2) is 18.3 Å². The van der Waals surface area contributed by atoms with E-state index in [1.807, 2.05) is 6.19 Å². The van der Waals surface area contributed by atoms with Crippen molar-refractivity contribution in [2.45, 2.75) is 77.0 Å². The van der Waals surface area contributed by atoms with Gasteiger partial charge in [-0.3, -0.25) is 4.84 Å². The molecule has 0 bridgehead atoms. The van der Waals surface area contributed by atoms with Crippen LogP contribution in [0.4, 0.5) is 0 Å². The quantitative estimate of drug-likeness (QED) is 0.667. The van der Waals surface area contributed by atoms with Crippen LogP contribution < -0.4 is 11.0 Å². The fraction of sp³-hybridized carbons (Fsp3) is 0.933. The molecule has 0 aromatic rings. The number of nitrogens with zero attached hydrogens (tertiary/aromatic N) is 2. The summed E-state index contributed by atoms with van der Waals surface area (Å²) < 4.78 is 0. The van der Waals surface area contributed by atoms with E-state index < -0.39 is 0 Å². The van der Waals surface area contributed by atoms with Gasteiger partial charge < -0.3 is 0 Å². The van der Waals surface area contributed by atoms with Crippen LogP contribution in [0, 0.1) is 11.5 Å². The molecule has 1 fully saturated rings. The van der Waals surface area contributed by atoms with Gasteiger partial charge in [0.15, 0.2) is 0 Å². The molecule has 0 aromatic heterocycles. The third kappa shape index (κ3) is 10.0. The van der Waals surface area contributed by atoms with Gasteiger partial charge in [-0.2, -0.15) is 5.26 Å². The molecule has 0 aliphatic carbocycles. The van der Waals surface area contributed by atoms with Crippen LogP contribution in [0.15, 0.2) is 0 Å². The maximum atomic E-state index is 8.92. The Bertz CT molecular complexity index is 237. The van der Waals surface area contributed by atoms with Crippen molar-refractivity contribution >= 4 is 0 Å². The number of hydrogen-bond donors (Lipinski definition) is 2. The molecule has 1 heterocycles. The fourth-order valence-electron chi connectivity index (χ4n) is 2.46. The molecule has 5 heteroatoms. The molecule has 1 saturated heterocycles. The summed E-state index contributed by atoms with van der Waals surface area (Å²) in [6.45, 7) is 1.46. The first-order valence-corrected chi connectivity index (χ1v) is 8.24. The second-order valence-electron chi connectivity index (χ2n) is 5.53. The number of rotatable bonds is 0. The minimum absolute atomic E-state index is 0.653. The molecule has 1 rings (SSSR count). The minimum atomic E-state index is 0.653. The van der Waals surface area contributed by atoms with Gasteiger partial charge in [-0.15, -0.1) is 5.12 Å². The Morgan fingerprint density at radius 2 is 1.25 bits per heavy atom. The lowest BCUT2D eigenvalue weighted by Gasteiger charge is -2.17. The summed E-state index contributed by atoms with van der Waals surface area (Å²) in [7, 11) is 0. The van der Waals surface area contributed by atoms with E-state index in [1.54, 1.807) is 0 Å². The van der Waals surface area contributed by atoms with Gasteiger partial charge in [0.05, 0.1) is 6.61 Å². The number of nitriles is 1. The molecular weight excluding hydrogens is 252 g/mol. The van der Waals surface area contributed by atoms with Crippen molar-refractivity contribution < 1.29 is 4.84 Å². The highest BCUT2D eigenvalue weighted by Crippen LogP contribution is 2.11. The maximum Gasteiger partial charge on any atom is 0.213 e. The van der Waals surface area contributed by atoms with Crippen LogP contribution in [0.1, 0.15) is 77.0 Å². The normalized spacial score (nSPS) is 22.4. The van der Waals surface area contributed by atoms with E-state index in [0.717, 1.165) is 19.4 Å². The summed E-state index contributed by atoms with van der Waals surface area (Å²) in [5.41, 5.74) is 5.64. The first-order chi connectivity index (χ1) is 9.93. The van der Waals surface area contributed by atoms with Crippen LogP contribution in [0.3, 0.4) is 0 Å². The van der Waals surface area contributed by atoms with E-state index >= 15 is 0 Å². The lowest BCUT2D eigenvalue weighted by atomic mass is 10.1. The third-order valence-electron chi connectivity index (χ3n) is 3.70. The lowest BCUT2D eigenvalue weighted by Crippen LogP contribution is -2.45. The van der Waals surface area contributed by atoms with Crippen molar-refractivity contribution in [2.24, 2.45) is 0 Å². The van der Waals surface area contributed by atoms with E-state index in [0.29, 0.717) is 6.61 Å². The minimum Gasteiger partial charge on any atom is -0.280 e. The van der Waals surface area contributed by atoms with Crippen LogP contribution >= 0.6 is 0 Å². The smallest absolute Gasteiger partial charge is 0.213 e. The molecule has 5 nitrogen and oxygen atoms in total. The largest absolute Gasteiger partial charge is 0.280 e. The molecule has 0 saturated carbocycles. The van der Waals surface area contributed by atoms with Gasteiger partial charge in [0.1, 0.15) is 0 Å². The van der Waals surface area contributed by atoms with Gasteiger partial charge in [0.2, 0.25) is 6.19 Å². The van der Waals surface area contributed by atoms with E-state index in [1.165, 1.54) is 69.3 Å². The van der Waals surface area contributed by atoms with E-state index in [2.05, 4.69) is 11.0 Å². The van der Waals surface area contributed by atoms with E-state index in [-0.39, 0.29) is 0 Å². The summed E-state index contributed by atoms with van der Waals surface area (Å²) in [5.74, 6) is 0. The molecule has 0 aromatic carbocycles. The summed E-state index contributed by atoms with van der Waals surface area (Å²) in [5, 5.41) is 10.2. The molecule has 1 aliphatic heterocycles. The van der Waals surface area contributed by atoms with Crippen LogP contribution in [0.5, 0.6) is 0 Å². The van der Waals surface area contributed by atoms with Gasteiger partial charge in [-0.25, -0.2) is 5.43 Å². The van der Waals surface area contributed by atoms with Gasteiger partial charge in [-0.1, -0.05) is 69.8 Å². The standard InChI is InChI=1S/C15H30N4O/c16-15-19-17-13-11-9-7-5-3-1-2-4-6-8-10-12-14-20-18-19/h17-18H,1-14H2. The van der Waals surface area contributed by atoms with Gasteiger partial charge >= 0.3 is 0 Å². The highest BCUT2D eigenvalue weighted by molar-refractivity contribution is 4.62. The van der Waals surface area contributed by atoms with Crippen molar-refractivity contribution in [3.63, 3.8) is 0 Å².